The third-order valence-corrected chi connectivity index (χ3v) is 3.98. The Morgan fingerprint density at radius 1 is 1.37 bits per heavy atom. The second-order valence-electron chi connectivity index (χ2n) is 5.46. The van der Waals surface area contributed by atoms with E-state index in [4.69, 9.17) is 0 Å². The lowest BCUT2D eigenvalue weighted by Gasteiger charge is -2.14. The van der Waals surface area contributed by atoms with E-state index in [1.54, 1.807) is 19.1 Å². The van der Waals surface area contributed by atoms with Crippen molar-refractivity contribution in [2.24, 2.45) is 5.41 Å². The first kappa shape index (κ1) is 13.9. The molecule has 1 unspecified atom stereocenters. The second kappa shape index (κ2) is 5.61. The molecule has 1 aliphatic carbocycles. The summed E-state index contributed by atoms with van der Waals surface area (Å²) in [7, 11) is 0. The van der Waals surface area contributed by atoms with Gasteiger partial charge in [-0.3, -0.25) is 0 Å². The number of amides is 2. The molecule has 1 saturated carbocycles. The smallest absolute Gasteiger partial charge is 0.319 e. The number of carbonyl (C=O) groups is 1. The number of nitrogens with one attached hydrogen (secondary N) is 2. The van der Waals surface area contributed by atoms with E-state index in [1.165, 1.54) is 12.8 Å². The zero-order chi connectivity index (χ0) is 13.9. The summed E-state index contributed by atoms with van der Waals surface area (Å²) >= 11 is 0. The van der Waals surface area contributed by atoms with Crippen molar-refractivity contribution in [1.29, 1.82) is 0 Å². The monoisotopic (exact) mass is 262 g/mol. The molecule has 0 heterocycles. The molecule has 0 aromatic heterocycles. The van der Waals surface area contributed by atoms with E-state index in [9.17, 15) is 9.90 Å². The van der Waals surface area contributed by atoms with Crippen molar-refractivity contribution in [3.8, 4) is 0 Å². The Labute approximate surface area is 114 Å². The summed E-state index contributed by atoms with van der Waals surface area (Å²) in [5, 5.41) is 15.1. The van der Waals surface area contributed by atoms with Gasteiger partial charge in [-0.05, 0) is 49.3 Å². The van der Waals surface area contributed by atoms with Crippen LogP contribution in [0.1, 0.15) is 44.8 Å². The van der Waals surface area contributed by atoms with Gasteiger partial charge in [0.15, 0.2) is 0 Å². The predicted molar refractivity (Wildman–Crippen MR) is 76.1 cm³/mol. The highest BCUT2D eigenvalue weighted by Crippen LogP contribution is 2.47. The summed E-state index contributed by atoms with van der Waals surface area (Å²) in [6.45, 7) is 4.64. The van der Waals surface area contributed by atoms with Gasteiger partial charge in [0.1, 0.15) is 0 Å². The van der Waals surface area contributed by atoms with Crippen LogP contribution in [0.3, 0.4) is 0 Å². The quantitative estimate of drug-likeness (QED) is 0.763. The highest BCUT2D eigenvalue weighted by molar-refractivity contribution is 5.89. The SMILES string of the molecule is CCC1(CNC(=O)Nc2ccc(C(C)O)cc2)CC1. The molecule has 1 aromatic carbocycles. The van der Waals surface area contributed by atoms with Crippen LogP contribution in [0, 0.1) is 5.41 Å². The van der Waals surface area contributed by atoms with Gasteiger partial charge in [-0.2, -0.15) is 0 Å². The molecule has 3 N–H and O–H groups in total. The van der Waals surface area contributed by atoms with E-state index in [2.05, 4.69) is 17.6 Å². The molecule has 1 aliphatic rings. The lowest BCUT2D eigenvalue weighted by molar-refractivity contribution is 0.199. The molecule has 0 aliphatic heterocycles. The molecule has 19 heavy (non-hydrogen) atoms. The molecule has 0 radical (unpaired) electrons. The lowest BCUT2D eigenvalue weighted by atomic mass is 10.0. The van der Waals surface area contributed by atoms with Crippen LogP contribution in [0.25, 0.3) is 0 Å². The second-order valence-corrected chi connectivity index (χ2v) is 5.46. The number of hydrogen-bond acceptors (Lipinski definition) is 2. The minimum absolute atomic E-state index is 0.162. The van der Waals surface area contributed by atoms with Gasteiger partial charge in [-0.15, -0.1) is 0 Å². The number of anilines is 1. The molecule has 2 amide bonds. The first-order valence-corrected chi connectivity index (χ1v) is 6.87. The van der Waals surface area contributed by atoms with Crippen LogP contribution in [0.4, 0.5) is 10.5 Å². The van der Waals surface area contributed by atoms with Crippen molar-refractivity contribution in [3.05, 3.63) is 29.8 Å². The summed E-state index contributed by atoms with van der Waals surface area (Å²) in [5.74, 6) is 0. The minimum atomic E-state index is -0.484. The van der Waals surface area contributed by atoms with Crippen LogP contribution in [-0.2, 0) is 0 Å². The number of hydrogen-bond donors (Lipinski definition) is 3. The zero-order valence-corrected chi connectivity index (χ0v) is 11.6. The molecule has 2 rings (SSSR count). The van der Waals surface area contributed by atoms with Gasteiger partial charge in [0.25, 0.3) is 0 Å². The van der Waals surface area contributed by atoms with Crippen LogP contribution in [0.2, 0.25) is 0 Å². The highest BCUT2D eigenvalue weighted by atomic mass is 16.3. The number of aliphatic hydroxyl groups excluding tert-OH is 1. The average Bonchev–Trinajstić information content (AvgIpc) is 3.18. The van der Waals surface area contributed by atoms with E-state index in [0.29, 0.717) is 5.41 Å². The Kier molecular flexibility index (Phi) is 4.10. The van der Waals surface area contributed by atoms with E-state index in [0.717, 1.165) is 24.2 Å². The Morgan fingerprint density at radius 2 is 2.00 bits per heavy atom. The first-order valence-electron chi connectivity index (χ1n) is 6.87. The standard InChI is InChI=1S/C15H22N2O2/c1-3-15(8-9-15)10-16-14(19)17-13-6-4-12(5-7-13)11(2)18/h4-7,11,18H,3,8-10H2,1-2H3,(H2,16,17,19). The fraction of sp³-hybridized carbons (Fsp3) is 0.533. The molecule has 1 fully saturated rings. The van der Waals surface area contributed by atoms with Gasteiger partial charge in [0, 0.05) is 12.2 Å². The number of rotatable bonds is 5. The molecule has 104 valence electrons. The summed E-state index contributed by atoms with van der Waals surface area (Å²) in [6, 6.07) is 7.07. The van der Waals surface area contributed by atoms with Crippen molar-refractivity contribution < 1.29 is 9.90 Å². The molecular formula is C15H22N2O2. The topological polar surface area (TPSA) is 61.4 Å². The van der Waals surface area contributed by atoms with Crippen molar-refractivity contribution in [2.75, 3.05) is 11.9 Å². The van der Waals surface area contributed by atoms with E-state index < -0.39 is 6.10 Å². The van der Waals surface area contributed by atoms with Gasteiger partial charge < -0.3 is 15.7 Å². The van der Waals surface area contributed by atoms with E-state index >= 15 is 0 Å². The molecule has 4 heteroatoms. The van der Waals surface area contributed by atoms with Crippen LogP contribution in [0.5, 0.6) is 0 Å². The third kappa shape index (κ3) is 3.70. The number of carbonyl (C=O) groups excluding carboxylic acids is 1. The highest BCUT2D eigenvalue weighted by Gasteiger charge is 2.40. The number of urea groups is 1. The van der Waals surface area contributed by atoms with Gasteiger partial charge >= 0.3 is 6.03 Å². The maximum atomic E-state index is 11.8. The Bertz CT molecular complexity index is 436. The first-order chi connectivity index (χ1) is 9.04. The van der Waals surface area contributed by atoms with Crippen LogP contribution >= 0.6 is 0 Å². The number of benzene rings is 1. The van der Waals surface area contributed by atoms with Gasteiger partial charge in [0.05, 0.1) is 6.10 Å². The fourth-order valence-electron chi connectivity index (χ4n) is 2.12. The van der Waals surface area contributed by atoms with Gasteiger partial charge in [-0.1, -0.05) is 19.1 Å². The van der Waals surface area contributed by atoms with E-state index in [-0.39, 0.29) is 6.03 Å². The Morgan fingerprint density at radius 3 is 2.47 bits per heavy atom. The van der Waals surface area contributed by atoms with Crippen molar-refractivity contribution in [2.45, 2.75) is 39.2 Å². The van der Waals surface area contributed by atoms with Crippen molar-refractivity contribution >= 4 is 11.7 Å². The Hall–Kier alpha value is -1.55. The number of aliphatic hydroxyl groups is 1. The molecule has 4 nitrogen and oxygen atoms in total. The summed E-state index contributed by atoms with van der Waals surface area (Å²) in [6.07, 6.45) is 3.07. The summed E-state index contributed by atoms with van der Waals surface area (Å²) in [4.78, 5) is 11.8. The predicted octanol–water partition coefficient (Wildman–Crippen LogP) is 3.05. The van der Waals surface area contributed by atoms with Gasteiger partial charge in [-0.25, -0.2) is 4.79 Å². The van der Waals surface area contributed by atoms with Gasteiger partial charge in [0.2, 0.25) is 0 Å². The molecule has 0 spiro atoms. The van der Waals surface area contributed by atoms with Crippen LogP contribution in [-0.4, -0.2) is 17.7 Å². The minimum Gasteiger partial charge on any atom is -0.389 e. The fourth-order valence-corrected chi connectivity index (χ4v) is 2.12. The molecule has 0 bridgehead atoms. The van der Waals surface area contributed by atoms with Crippen molar-refractivity contribution in [3.63, 3.8) is 0 Å². The van der Waals surface area contributed by atoms with Crippen LogP contribution in [0.15, 0.2) is 24.3 Å². The largest absolute Gasteiger partial charge is 0.389 e. The maximum absolute atomic E-state index is 11.8. The molecule has 1 atom stereocenters. The Balaban J connectivity index is 1.81. The van der Waals surface area contributed by atoms with E-state index in [1.807, 2.05) is 12.1 Å². The molecule has 0 saturated heterocycles. The molecule has 1 aromatic rings. The normalized spacial score (nSPS) is 17.6. The lowest BCUT2D eigenvalue weighted by Crippen LogP contribution is -2.33. The van der Waals surface area contributed by atoms with Crippen LogP contribution < -0.4 is 10.6 Å². The average molecular weight is 262 g/mol. The van der Waals surface area contributed by atoms with Crippen molar-refractivity contribution in [1.82, 2.24) is 5.32 Å². The zero-order valence-electron chi connectivity index (χ0n) is 11.6. The summed E-state index contributed by atoms with van der Waals surface area (Å²) < 4.78 is 0. The third-order valence-electron chi connectivity index (χ3n) is 3.98. The molecular weight excluding hydrogens is 240 g/mol. The maximum Gasteiger partial charge on any atom is 0.319 e. The summed E-state index contributed by atoms with van der Waals surface area (Å²) in [5.41, 5.74) is 1.94.